The van der Waals surface area contributed by atoms with Crippen molar-refractivity contribution in [1.29, 1.82) is 0 Å². The third-order valence-corrected chi connectivity index (χ3v) is 7.68. The van der Waals surface area contributed by atoms with Crippen molar-refractivity contribution < 1.29 is 4.63 Å². The maximum Gasteiger partial charge on any atom is 0.158 e. The molecule has 0 saturated heterocycles. The summed E-state index contributed by atoms with van der Waals surface area (Å²) in [7, 11) is 0. The van der Waals surface area contributed by atoms with Crippen LogP contribution in [0.1, 0.15) is 82.6 Å². The quantitative estimate of drug-likeness (QED) is 0.391. The summed E-state index contributed by atoms with van der Waals surface area (Å²) in [4.78, 5) is 0. The second-order valence-electron chi connectivity index (χ2n) is 8.64. The minimum absolute atomic E-state index is 0.552. The summed E-state index contributed by atoms with van der Waals surface area (Å²) in [6, 6.07) is 5.08. The zero-order valence-electron chi connectivity index (χ0n) is 16.3. The minimum atomic E-state index is 0.552. The molecule has 1 aromatic heterocycles. The van der Waals surface area contributed by atoms with Gasteiger partial charge in [-0.3, -0.25) is 0 Å². The molecule has 0 bridgehead atoms. The summed E-state index contributed by atoms with van der Waals surface area (Å²) >= 11 is 2.59. The monoisotopic (exact) mass is 481 g/mol. The molecular weight excluding hydrogens is 449 g/mol. The zero-order chi connectivity index (χ0) is 18.5. The molecule has 1 N–H and O–H groups in total. The molecule has 2 fully saturated rings. The van der Waals surface area contributed by atoms with Crippen LogP contribution < -0.4 is 5.32 Å². The summed E-state index contributed by atoms with van der Waals surface area (Å²) in [5, 5.41) is 12.1. The lowest BCUT2D eigenvalue weighted by molar-refractivity contribution is 0.315. The number of halogens is 1. The predicted molar refractivity (Wildman–Crippen MR) is 120 cm³/mol. The summed E-state index contributed by atoms with van der Waals surface area (Å²) < 4.78 is 5.91. The van der Waals surface area contributed by atoms with E-state index in [2.05, 4.69) is 50.4 Å². The Hall–Kier alpha value is -0.850. The highest BCUT2D eigenvalue weighted by Crippen LogP contribution is 2.32. The summed E-state index contributed by atoms with van der Waals surface area (Å²) in [5.41, 5.74) is 4.32. The van der Waals surface area contributed by atoms with Gasteiger partial charge >= 0.3 is 0 Å². The van der Waals surface area contributed by atoms with E-state index in [0.717, 1.165) is 33.0 Å². The van der Waals surface area contributed by atoms with Crippen molar-refractivity contribution in [2.45, 2.75) is 93.4 Å². The van der Waals surface area contributed by atoms with Crippen molar-refractivity contribution >= 4 is 39.3 Å². The Kier molecular flexibility index (Phi) is 6.90. The van der Waals surface area contributed by atoms with Crippen molar-refractivity contribution in [1.82, 2.24) is 10.3 Å². The number of anilines is 1. The lowest BCUT2D eigenvalue weighted by Crippen LogP contribution is -2.26. The Morgan fingerprint density at radius 1 is 0.889 bits per heavy atom. The average molecular weight is 481 g/mol. The van der Waals surface area contributed by atoms with E-state index in [1.54, 1.807) is 0 Å². The lowest BCUT2D eigenvalue weighted by Gasteiger charge is -2.27. The third kappa shape index (κ3) is 5.36. The van der Waals surface area contributed by atoms with Crippen LogP contribution in [0.25, 0.3) is 11.0 Å². The summed E-state index contributed by atoms with van der Waals surface area (Å²) in [6.45, 7) is 0. The molecule has 0 atom stereocenters. The lowest BCUT2D eigenvalue weighted by atomic mass is 9.89. The maximum absolute atomic E-state index is 5.07. The van der Waals surface area contributed by atoms with E-state index in [1.165, 1.54) is 82.6 Å². The highest BCUT2D eigenvalue weighted by molar-refractivity contribution is 14.1. The Morgan fingerprint density at radius 3 is 2.33 bits per heavy atom. The molecule has 0 unspecified atom stereocenters. The van der Waals surface area contributed by atoms with E-state index in [9.17, 15) is 0 Å². The Labute approximate surface area is 176 Å². The highest BCUT2D eigenvalue weighted by atomic mass is 127. The third-order valence-electron chi connectivity index (χ3n) is 6.44. The number of hydrogen-bond acceptors (Lipinski definition) is 4. The Bertz CT molecular complexity index is 713. The van der Waals surface area contributed by atoms with E-state index >= 15 is 0 Å². The average Bonchev–Trinajstić information content (AvgIpc) is 3.17. The second kappa shape index (κ2) is 9.57. The minimum Gasteiger partial charge on any atom is -0.380 e. The van der Waals surface area contributed by atoms with Crippen LogP contribution in [0.4, 0.5) is 5.69 Å². The number of alkyl halides is 1. The van der Waals surface area contributed by atoms with Gasteiger partial charge in [0.05, 0.1) is 5.69 Å². The van der Waals surface area contributed by atoms with Crippen LogP contribution in [0.3, 0.4) is 0 Å². The van der Waals surface area contributed by atoms with Gasteiger partial charge in [0.1, 0.15) is 5.52 Å². The first-order valence-electron chi connectivity index (χ1n) is 10.9. The zero-order valence-corrected chi connectivity index (χ0v) is 18.4. The predicted octanol–water partition coefficient (Wildman–Crippen LogP) is 6.67. The molecule has 4 nitrogen and oxygen atoms in total. The molecule has 1 heterocycles. The molecule has 0 radical (unpaired) electrons. The fraction of sp³-hybridized carbons (Fsp3) is 0.727. The standard InChI is InChI=1S/C22H32IN3O/c23-18-9-11-19(12-10-18)24-20-14-17(15-21-22(20)26-27-25-21)13-16-7-5-3-1-2-4-6-8-16/h14-16,18-19,24H,1-13H2/t18-,19+. The number of benzene rings is 1. The van der Waals surface area contributed by atoms with Crippen LogP contribution in [0, 0.1) is 5.92 Å². The Morgan fingerprint density at radius 2 is 1.59 bits per heavy atom. The van der Waals surface area contributed by atoms with Gasteiger partial charge < -0.3 is 5.32 Å². The van der Waals surface area contributed by atoms with Crippen LogP contribution in [0.5, 0.6) is 0 Å². The molecule has 1 aromatic carbocycles. The van der Waals surface area contributed by atoms with E-state index < -0.39 is 0 Å². The van der Waals surface area contributed by atoms with Gasteiger partial charge in [-0.2, -0.15) is 0 Å². The van der Waals surface area contributed by atoms with E-state index in [4.69, 9.17) is 4.63 Å². The number of rotatable bonds is 4. The molecule has 0 amide bonds. The molecule has 27 heavy (non-hydrogen) atoms. The van der Waals surface area contributed by atoms with Crippen LogP contribution in [-0.4, -0.2) is 20.3 Å². The first-order chi connectivity index (χ1) is 13.3. The molecular formula is C22H32IN3O. The van der Waals surface area contributed by atoms with Crippen LogP contribution >= 0.6 is 22.6 Å². The topological polar surface area (TPSA) is 51.0 Å². The molecule has 0 aliphatic heterocycles. The molecule has 2 aliphatic carbocycles. The van der Waals surface area contributed by atoms with Gasteiger partial charge in [-0.15, -0.1) is 0 Å². The molecule has 5 heteroatoms. The number of fused-ring (bicyclic) bond motifs is 1. The van der Waals surface area contributed by atoms with E-state index in [-0.39, 0.29) is 0 Å². The van der Waals surface area contributed by atoms with Gasteiger partial charge in [0.15, 0.2) is 5.52 Å². The van der Waals surface area contributed by atoms with Crippen molar-refractivity contribution in [3.8, 4) is 0 Å². The van der Waals surface area contributed by atoms with Crippen LogP contribution in [0.15, 0.2) is 16.8 Å². The van der Waals surface area contributed by atoms with Gasteiger partial charge in [0, 0.05) is 9.97 Å². The summed E-state index contributed by atoms with van der Waals surface area (Å²) in [5.74, 6) is 0.808. The van der Waals surface area contributed by atoms with E-state index in [0.29, 0.717) is 6.04 Å². The first-order valence-corrected chi connectivity index (χ1v) is 12.2. The van der Waals surface area contributed by atoms with Crippen molar-refractivity contribution in [3.63, 3.8) is 0 Å². The summed E-state index contributed by atoms with van der Waals surface area (Å²) in [6.07, 6.45) is 17.5. The molecule has 4 rings (SSSR count). The largest absolute Gasteiger partial charge is 0.380 e. The fourth-order valence-corrected chi connectivity index (χ4v) is 5.57. The fourth-order valence-electron chi connectivity index (χ4n) is 4.85. The molecule has 148 valence electrons. The van der Waals surface area contributed by atoms with Crippen molar-refractivity contribution in [2.75, 3.05) is 5.32 Å². The van der Waals surface area contributed by atoms with E-state index in [1.807, 2.05) is 0 Å². The number of nitrogens with zero attached hydrogens (tertiary/aromatic N) is 2. The first kappa shape index (κ1) is 19.5. The second-order valence-corrected chi connectivity index (χ2v) is 10.4. The van der Waals surface area contributed by atoms with Crippen LogP contribution in [-0.2, 0) is 6.42 Å². The van der Waals surface area contributed by atoms with Crippen LogP contribution in [0.2, 0.25) is 0 Å². The van der Waals surface area contributed by atoms with Gasteiger partial charge in [0.25, 0.3) is 0 Å². The highest BCUT2D eigenvalue weighted by Gasteiger charge is 2.21. The number of aromatic nitrogens is 2. The molecule has 2 aliphatic rings. The SMILES string of the molecule is I[C@H]1CC[C@@H](Nc2cc(CC3CCCCCCCC3)cc3nonc23)CC1. The van der Waals surface area contributed by atoms with Gasteiger partial charge in [-0.25, -0.2) is 4.63 Å². The molecule has 2 saturated carbocycles. The molecule has 2 aromatic rings. The maximum atomic E-state index is 5.07. The smallest absolute Gasteiger partial charge is 0.158 e. The van der Waals surface area contributed by atoms with Gasteiger partial charge in [-0.05, 0) is 66.0 Å². The number of hydrogen-bond donors (Lipinski definition) is 1. The van der Waals surface area contributed by atoms with Gasteiger partial charge in [0.2, 0.25) is 0 Å². The number of nitrogens with one attached hydrogen (secondary N) is 1. The van der Waals surface area contributed by atoms with Gasteiger partial charge in [-0.1, -0.05) is 74.0 Å². The normalized spacial score (nSPS) is 25.7. The van der Waals surface area contributed by atoms with Crippen molar-refractivity contribution in [3.05, 3.63) is 17.7 Å². The Balaban J connectivity index is 1.49. The molecule has 0 spiro atoms. The van der Waals surface area contributed by atoms with Crippen molar-refractivity contribution in [2.24, 2.45) is 5.92 Å².